The molecule has 2 N–H and O–H groups in total. The average Bonchev–Trinajstić information content (AvgIpc) is 2.56. The molecule has 1 aromatic heterocycles. The highest BCUT2D eigenvalue weighted by Gasteiger charge is 2.18. The van der Waals surface area contributed by atoms with Crippen molar-refractivity contribution in [3.05, 3.63) is 28.6 Å². The third-order valence-electron chi connectivity index (χ3n) is 3.68. The van der Waals surface area contributed by atoms with E-state index in [0.29, 0.717) is 24.2 Å². The molecule has 0 spiro atoms. The van der Waals surface area contributed by atoms with Crippen molar-refractivity contribution >= 4 is 11.0 Å². The summed E-state index contributed by atoms with van der Waals surface area (Å²) in [5.41, 5.74) is -0.561. The topological polar surface area (TPSA) is 89.1 Å². The summed E-state index contributed by atoms with van der Waals surface area (Å²) in [5.74, 6) is 0.215. The second-order valence-electron chi connectivity index (χ2n) is 5.83. The molecule has 2 rings (SSSR count). The van der Waals surface area contributed by atoms with Crippen molar-refractivity contribution in [2.75, 3.05) is 19.8 Å². The standard InChI is InChI=1S/C18H24O6/c1-3-6-12(2)11-23-17-15(20)13-7-4-8-14(22-10-5-9-19)16(13)24-18(17)21/h4,7-8,12,19-20H,3,5-6,9-11H2,1-2H3. The van der Waals surface area contributed by atoms with Gasteiger partial charge in [-0.15, -0.1) is 0 Å². The Morgan fingerprint density at radius 3 is 2.79 bits per heavy atom. The molecule has 1 unspecified atom stereocenters. The number of hydrogen-bond donors (Lipinski definition) is 2. The van der Waals surface area contributed by atoms with Crippen LogP contribution in [0.2, 0.25) is 0 Å². The second kappa shape index (κ2) is 8.59. The summed E-state index contributed by atoms with van der Waals surface area (Å²) in [6.07, 6.45) is 2.46. The molecule has 132 valence electrons. The fourth-order valence-electron chi connectivity index (χ4n) is 2.45. The normalized spacial score (nSPS) is 12.3. The third kappa shape index (κ3) is 4.20. The Morgan fingerprint density at radius 2 is 2.08 bits per heavy atom. The molecule has 0 saturated carbocycles. The Kier molecular flexibility index (Phi) is 6.49. The van der Waals surface area contributed by atoms with Crippen LogP contribution >= 0.6 is 0 Å². The van der Waals surface area contributed by atoms with Gasteiger partial charge in [-0.3, -0.25) is 0 Å². The van der Waals surface area contributed by atoms with Crippen molar-refractivity contribution in [1.82, 2.24) is 0 Å². The number of rotatable bonds is 9. The maximum atomic E-state index is 12.2. The predicted octanol–water partition coefficient (Wildman–Crippen LogP) is 3.07. The van der Waals surface area contributed by atoms with Gasteiger partial charge >= 0.3 is 5.63 Å². The first-order valence-corrected chi connectivity index (χ1v) is 8.23. The summed E-state index contributed by atoms with van der Waals surface area (Å²) < 4.78 is 16.3. The average molecular weight is 336 g/mol. The number of fused-ring (bicyclic) bond motifs is 1. The Balaban J connectivity index is 2.31. The van der Waals surface area contributed by atoms with E-state index in [1.165, 1.54) is 0 Å². The van der Waals surface area contributed by atoms with Crippen molar-refractivity contribution in [3.8, 4) is 17.2 Å². The molecule has 6 nitrogen and oxygen atoms in total. The van der Waals surface area contributed by atoms with E-state index < -0.39 is 5.63 Å². The maximum Gasteiger partial charge on any atom is 0.383 e. The third-order valence-corrected chi connectivity index (χ3v) is 3.68. The van der Waals surface area contributed by atoms with Crippen LogP contribution < -0.4 is 15.1 Å². The molecule has 0 amide bonds. The van der Waals surface area contributed by atoms with Gasteiger partial charge in [0.05, 0.1) is 18.6 Å². The molecule has 6 heteroatoms. The zero-order valence-electron chi connectivity index (χ0n) is 14.1. The van der Waals surface area contributed by atoms with E-state index in [0.717, 1.165) is 12.8 Å². The number of ether oxygens (including phenoxy) is 2. The van der Waals surface area contributed by atoms with Crippen molar-refractivity contribution in [2.45, 2.75) is 33.1 Å². The number of aromatic hydroxyl groups is 1. The molecule has 0 aliphatic heterocycles. The molecule has 0 saturated heterocycles. The van der Waals surface area contributed by atoms with Crippen LogP contribution in [0.25, 0.3) is 11.0 Å². The van der Waals surface area contributed by atoms with Gasteiger partial charge in [0.25, 0.3) is 0 Å². The summed E-state index contributed by atoms with van der Waals surface area (Å²) in [5, 5.41) is 19.6. The summed E-state index contributed by atoms with van der Waals surface area (Å²) in [7, 11) is 0. The second-order valence-corrected chi connectivity index (χ2v) is 5.83. The van der Waals surface area contributed by atoms with Crippen LogP contribution in [0.15, 0.2) is 27.4 Å². The lowest BCUT2D eigenvalue weighted by molar-refractivity contribution is 0.228. The van der Waals surface area contributed by atoms with Gasteiger partial charge in [-0.25, -0.2) is 4.79 Å². The van der Waals surface area contributed by atoms with Crippen LogP contribution in [0.1, 0.15) is 33.1 Å². The number of aliphatic hydroxyl groups excluding tert-OH is 1. The van der Waals surface area contributed by atoms with Gasteiger partial charge in [0, 0.05) is 13.0 Å². The first-order chi connectivity index (χ1) is 11.6. The summed E-state index contributed by atoms with van der Waals surface area (Å²) in [6.45, 7) is 4.73. The Morgan fingerprint density at radius 1 is 1.29 bits per heavy atom. The molecule has 0 aliphatic rings. The van der Waals surface area contributed by atoms with E-state index in [2.05, 4.69) is 6.92 Å². The van der Waals surface area contributed by atoms with Crippen LogP contribution in [0.4, 0.5) is 0 Å². The molecule has 2 aromatic rings. The number of hydrogen-bond acceptors (Lipinski definition) is 6. The van der Waals surface area contributed by atoms with Gasteiger partial charge in [-0.05, 0) is 24.5 Å². The minimum absolute atomic E-state index is 0.00783. The SMILES string of the molecule is CCCC(C)COc1c(O)c2cccc(OCCCO)c2oc1=O. The molecule has 0 aliphatic carbocycles. The van der Waals surface area contributed by atoms with Crippen molar-refractivity contribution in [1.29, 1.82) is 0 Å². The van der Waals surface area contributed by atoms with Gasteiger partial charge in [-0.2, -0.15) is 0 Å². The summed E-state index contributed by atoms with van der Waals surface area (Å²) >= 11 is 0. The molecular formula is C18H24O6. The molecule has 0 bridgehead atoms. The van der Waals surface area contributed by atoms with Crippen LogP contribution in [0.3, 0.4) is 0 Å². The smallest absolute Gasteiger partial charge is 0.383 e. The minimum atomic E-state index is -0.734. The van der Waals surface area contributed by atoms with E-state index in [4.69, 9.17) is 19.0 Å². The van der Waals surface area contributed by atoms with Gasteiger partial charge in [-0.1, -0.05) is 26.3 Å². The van der Waals surface area contributed by atoms with Crippen molar-refractivity contribution in [3.63, 3.8) is 0 Å². The molecule has 24 heavy (non-hydrogen) atoms. The largest absolute Gasteiger partial charge is 0.504 e. The summed E-state index contributed by atoms with van der Waals surface area (Å²) in [4.78, 5) is 12.2. The first-order valence-electron chi connectivity index (χ1n) is 8.23. The van der Waals surface area contributed by atoms with Crippen LogP contribution in [0, 0.1) is 5.92 Å². The molecule has 1 atom stereocenters. The Hall–Kier alpha value is -2.21. The molecule has 1 heterocycles. The van der Waals surface area contributed by atoms with Crippen LogP contribution in [0.5, 0.6) is 17.2 Å². The Labute approximate surface area is 140 Å². The molecule has 0 radical (unpaired) electrons. The Bertz CT molecular complexity index is 721. The molecule has 0 fully saturated rings. The lowest BCUT2D eigenvalue weighted by Crippen LogP contribution is -2.14. The summed E-state index contributed by atoms with van der Waals surface area (Å²) in [6, 6.07) is 4.97. The molecule has 1 aromatic carbocycles. The fraction of sp³-hybridized carbons (Fsp3) is 0.500. The first kappa shape index (κ1) is 18.1. The highest BCUT2D eigenvalue weighted by Crippen LogP contribution is 2.35. The zero-order chi connectivity index (χ0) is 17.5. The lowest BCUT2D eigenvalue weighted by atomic mass is 10.1. The highest BCUT2D eigenvalue weighted by molar-refractivity contribution is 5.89. The fourth-order valence-corrected chi connectivity index (χ4v) is 2.45. The maximum absolute atomic E-state index is 12.2. The van der Waals surface area contributed by atoms with E-state index in [9.17, 15) is 9.90 Å². The van der Waals surface area contributed by atoms with Crippen molar-refractivity contribution < 1.29 is 24.1 Å². The highest BCUT2D eigenvalue weighted by atomic mass is 16.5. The van der Waals surface area contributed by atoms with E-state index >= 15 is 0 Å². The van der Waals surface area contributed by atoms with Gasteiger partial charge in [0.2, 0.25) is 5.75 Å². The van der Waals surface area contributed by atoms with E-state index in [1.54, 1.807) is 18.2 Å². The van der Waals surface area contributed by atoms with Gasteiger partial charge < -0.3 is 24.1 Å². The van der Waals surface area contributed by atoms with E-state index in [1.807, 2.05) is 6.92 Å². The minimum Gasteiger partial charge on any atom is -0.504 e. The number of benzene rings is 1. The zero-order valence-corrected chi connectivity index (χ0v) is 14.1. The monoisotopic (exact) mass is 336 g/mol. The number of para-hydroxylation sites is 1. The lowest BCUT2D eigenvalue weighted by Gasteiger charge is -2.13. The van der Waals surface area contributed by atoms with Gasteiger partial charge in [0.1, 0.15) is 0 Å². The van der Waals surface area contributed by atoms with Gasteiger partial charge in [0.15, 0.2) is 17.1 Å². The van der Waals surface area contributed by atoms with Crippen LogP contribution in [-0.2, 0) is 0 Å². The predicted molar refractivity (Wildman–Crippen MR) is 90.9 cm³/mol. The van der Waals surface area contributed by atoms with Crippen molar-refractivity contribution in [2.24, 2.45) is 5.92 Å². The quantitative estimate of drug-likeness (QED) is 0.540. The number of aliphatic hydroxyl groups is 1. The molecular weight excluding hydrogens is 312 g/mol. The van der Waals surface area contributed by atoms with E-state index in [-0.39, 0.29) is 36.2 Å². The van der Waals surface area contributed by atoms with Crippen LogP contribution in [-0.4, -0.2) is 30.0 Å².